The molecule has 2 nitrogen and oxygen atoms in total. The minimum absolute atomic E-state index is 0. The molecule has 0 aliphatic heterocycles. The zero-order valence-electron chi connectivity index (χ0n) is 5.13. The Morgan fingerprint density at radius 2 is 2.00 bits per heavy atom. The molecule has 1 rings (SSSR count). The Kier molecular flexibility index (Phi) is 1.02. The summed E-state index contributed by atoms with van der Waals surface area (Å²) >= 11 is 0. The summed E-state index contributed by atoms with van der Waals surface area (Å²) in [5.74, 6) is 0.822. The van der Waals surface area contributed by atoms with Crippen molar-refractivity contribution in [2.45, 2.75) is 6.92 Å². The second-order valence-corrected chi connectivity index (χ2v) is 1.30. The lowest BCUT2D eigenvalue weighted by molar-refractivity contribution is 1.05. The van der Waals surface area contributed by atoms with E-state index in [4.69, 9.17) is 0 Å². The van der Waals surface area contributed by atoms with E-state index in [2.05, 4.69) is 9.97 Å². The van der Waals surface area contributed by atoms with E-state index < -0.39 is 0 Å². The molecule has 1 heterocycles. The molecule has 1 aromatic heterocycles. The number of hydrogen-bond donors (Lipinski definition) is 0. The maximum atomic E-state index is 3.87. The van der Waals surface area contributed by atoms with Gasteiger partial charge in [-0.2, -0.15) is 0 Å². The summed E-state index contributed by atoms with van der Waals surface area (Å²) in [5.41, 5.74) is 0. The second kappa shape index (κ2) is 1.69. The summed E-state index contributed by atoms with van der Waals surface area (Å²) in [6, 6.07) is 1.80. The maximum absolute atomic E-state index is 3.87. The molecule has 0 aromatic carbocycles. The normalized spacial score (nSPS) is 8.71. The summed E-state index contributed by atoms with van der Waals surface area (Å²) < 4.78 is 0. The van der Waals surface area contributed by atoms with Crippen LogP contribution in [0.2, 0.25) is 0 Å². The van der Waals surface area contributed by atoms with Crippen molar-refractivity contribution in [1.82, 2.24) is 9.97 Å². The molecule has 0 saturated carbocycles. The van der Waals surface area contributed by atoms with Crippen LogP contribution in [0.5, 0.6) is 0 Å². The van der Waals surface area contributed by atoms with Crippen molar-refractivity contribution in [2.75, 3.05) is 0 Å². The first-order chi connectivity index (χ1) is 3.39. The topological polar surface area (TPSA) is 25.8 Å². The third kappa shape index (κ3) is 0.961. The fourth-order valence-corrected chi connectivity index (χ4v) is 0.374. The van der Waals surface area contributed by atoms with Gasteiger partial charge in [0.05, 0.1) is 0 Å². The highest BCUT2D eigenvalue weighted by Gasteiger charge is 1.74. The Morgan fingerprint density at radius 3 is 2.29 bits per heavy atom. The Bertz CT molecular complexity index is 140. The third-order valence-corrected chi connectivity index (χ3v) is 0.695. The van der Waals surface area contributed by atoms with Gasteiger partial charge in [0.1, 0.15) is 5.82 Å². The van der Waals surface area contributed by atoms with Crippen LogP contribution in [0.15, 0.2) is 18.5 Å². The van der Waals surface area contributed by atoms with Gasteiger partial charge in [0, 0.05) is 12.4 Å². The fourth-order valence-electron chi connectivity index (χ4n) is 0.374. The zero-order chi connectivity index (χ0) is 5.11. The van der Waals surface area contributed by atoms with Crippen molar-refractivity contribution in [3.05, 3.63) is 24.3 Å². The lowest BCUT2D eigenvalue weighted by Crippen LogP contribution is -1.80. The Morgan fingerprint density at radius 1 is 1.43 bits per heavy atom. The van der Waals surface area contributed by atoms with Gasteiger partial charge in [0.25, 0.3) is 0 Å². The lowest BCUT2D eigenvalue weighted by Gasteiger charge is -1.81. The van der Waals surface area contributed by atoms with Gasteiger partial charge in [0.2, 0.25) is 0 Å². The predicted octanol–water partition coefficient (Wildman–Crippen LogP) is 0.898. The number of nitrogens with zero attached hydrogens (tertiary/aromatic N) is 2. The van der Waals surface area contributed by atoms with Gasteiger partial charge in [0.15, 0.2) is 0 Å². The van der Waals surface area contributed by atoms with Crippen LogP contribution in [0.1, 0.15) is 7.25 Å². The molecule has 1 aromatic rings. The smallest absolute Gasteiger partial charge is 0.242 e. The van der Waals surface area contributed by atoms with Crippen LogP contribution in [0.25, 0.3) is 0 Å². The molecule has 36 valence electrons. The molecule has 0 atom stereocenters. The summed E-state index contributed by atoms with van der Waals surface area (Å²) in [7, 11) is 0. The molecule has 2 heteroatoms. The van der Waals surface area contributed by atoms with Crippen molar-refractivity contribution in [1.29, 1.82) is 0 Å². The van der Waals surface area contributed by atoms with Crippen LogP contribution >= 0.6 is 0 Å². The summed E-state index contributed by atoms with van der Waals surface area (Å²) in [6.07, 6.45) is 3.45. The maximum Gasteiger partial charge on any atom is 1.00 e. The molecule has 0 bridgehead atoms. The van der Waals surface area contributed by atoms with Gasteiger partial charge in [-0.15, -0.1) is 0 Å². The predicted molar refractivity (Wildman–Crippen MR) is 27.9 cm³/mol. The molecule has 0 radical (unpaired) electrons. The van der Waals surface area contributed by atoms with Crippen LogP contribution in [-0.4, -0.2) is 9.97 Å². The molecule has 0 spiro atoms. The molecule has 0 unspecified atom stereocenters. The minimum atomic E-state index is 0. The standard InChI is InChI=1S/C5H6N2/c1-5-6-3-2-4-7-5/h2-4H,1H3/p+1. The molecule has 0 aliphatic carbocycles. The average molecular weight is 95.1 g/mol. The summed E-state index contributed by atoms with van der Waals surface area (Å²) in [6.45, 7) is 1.86. The number of hydrogen-bond acceptors (Lipinski definition) is 2. The van der Waals surface area contributed by atoms with Crippen LogP contribution < -0.4 is 0 Å². The van der Waals surface area contributed by atoms with E-state index in [1.54, 1.807) is 18.5 Å². The van der Waals surface area contributed by atoms with Crippen molar-refractivity contribution < 1.29 is 1.43 Å². The molecule has 7 heavy (non-hydrogen) atoms. The highest BCUT2D eigenvalue weighted by Crippen LogP contribution is 1.78. The van der Waals surface area contributed by atoms with Gasteiger partial charge in [-0.1, -0.05) is 0 Å². The largest absolute Gasteiger partial charge is 1.00 e. The van der Waals surface area contributed by atoms with E-state index >= 15 is 0 Å². The zero-order valence-corrected chi connectivity index (χ0v) is 4.13. The monoisotopic (exact) mass is 95.1 g/mol. The quantitative estimate of drug-likeness (QED) is 0.478. The molecule has 0 aliphatic rings. The summed E-state index contributed by atoms with van der Waals surface area (Å²) in [5, 5.41) is 0. The van der Waals surface area contributed by atoms with Gasteiger partial charge in [-0.3, -0.25) is 0 Å². The molecule has 0 saturated heterocycles. The van der Waals surface area contributed by atoms with E-state index in [1.165, 1.54) is 0 Å². The number of rotatable bonds is 0. The first kappa shape index (κ1) is 4.24. The third-order valence-electron chi connectivity index (χ3n) is 0.695. The average Bonchev–Trinajstić information content (AvgIpc) is 1.69. The van der Waals surface area contributed by atoms with Crippen molar-refractivity contribution in [3.8, 4) is 0 Å². The molecular formula is C5H7N2+. The SMILES string of the molecule is Cc1ncccn1.[H+]. The van der Waals surface area contributed by atoms with Crippen molar-refractivity contribution in [2.24, 2.45) is 0 Å². The van der Waals surface area contributed by atoms with Crippen LogP contribution in [0, 0.1) is 6.92 Å². The van der Waals surface area contributed by atoms with E-state index in [0.717, 1.165) is 5.82 Å². The van der Waals surface area contributed by atoms with Gasteiger partial charge in [-0.05, 0) is 13.0 Å². The Hall–Kier alpha value is -0.920. The Balaban J connectivity index is 0.000000490. The minimum Gasteiger partial charge on any atom is -0.242 e. The van der Waals surface area contributed by atoms with Gasteiger partial charge >= 0.3 is 1.43 Å². The highest BCUT2D eigenvalue weighted by atomic mass is 14.8. The Labute approximate surface area is 43.7 Å². The lowest BCUT2D eigenvalue weighted by atomic mass is 10.6. The van der Waals surface area contributed by atoms with E-state index in [9.17, 15) is 0 Å². The van der Waals surface area contributed by atoms with Gasteiger partial charge in [-0.25, -0.2) is 9.97 Å². The van der Waals surface area contributed by atoms with E-state index in [1.807, 2.05) is 6.92 Å². The first-order valence-electron chi connectivity index (χ1n) is 2.13. The van der Waals surface area contributed by atoms with Crippen LogP contribution in [0.4, 0.5) is 0 Å². The fraction of sp³-hybridized carbons (Fsp3) is 0.200. The molecule has 0 amide bonds. The molecule has 0 fully saturated rings. The van der Waals surface area contributed by atoms with Crippen LogP contribution in [0.3, 0.4) is 0 Å². The number of aryl methyl sites for hydroxylation is 1. The number of aromatic nitrogens is 2. The molecular weight excluding hydrogens is 88.1 g/mol. The second-order valence-electron chi connectivity index (χ2n) is 1.30. The molecule has 0 N–H and O–H groups in total. The van der Waals surface area contributed by atoms with Crippen molar-refractivity contribution in [3.63, 3.8) is 0 Å². The van der Waals surface area contributed by atoms with Crippen LogP contribution in [-0.2, 0) is 0 Å². The highest BCUT2D eigenvalue weighted by molar-refractivity contribution is 4.83. The van der Waals surface area contributed by atoms with E-state index in [-0.39, 0.29) is 1.43 Å². The van der Waals surface area contributed by atoms with E-state index in [0.29, 0.717) is 0 Å². The van der Waals surface area contributed by atoms with Gasteiger partial charge < -0.3 is 0 Å². The van der Waals surface area contributed by atoms with Crippen molar-refractivity contribution >= 4 is 0 Å². The first-order valence-corrected chi connectivity index (χ1v) is 2.13. The summed E-state index contributed by atoms with van der Waals surface area (Å²) in [4.78, 5) is 7.74.